The molecule has 2 heterocycles. The number of furan rings is 1. The fraction of sp³-hybridized carbons (Fsp3) is 0. The van der Waals surface area contributed by atoms with Crippen LogP contribution in [0.25, 0.3) is 10.6 Å². The zero-order valence-electron chi connectivity index (χ0n) is 6.49. The van der Waals surface area contributed by atoms with Crippen LogP contribution in [0.4, 0.5) is 0 Å². The van der Waals surface area contributed by atoms with Crippen LogP contribution in [-0.4, -0.2) is 6.29 Å². The number of hydrogen-bond donors (Lipinski definition) is 0. The Balaban J connectivity index is 2.48. The van der Waals surface area contributed by atoms with Crippen molar-refractivity contribution in [3.8, 4) is 10.6 Å². The first-order valence-corrected chi connectivity index (χ1v) is 4.79. The topological polar surface area (TPSA) is 30.2 Å². The zero-order chi connectivity index (χ0) is 9.26. The summed E-state index contributed by atoms with van der Waals surface area (Å²) in [5.74, 6) is 0.736. The van der Waals surface area contributed by atoms with Crippen molar-refractivity contribution in [1.29, 1.82) is 0 Å². The van der Waals surface area contributed by atoms with Crippen LogP contribution in [0.3, 0.4) is 0 Å². The standard InChI is InChI=1S/C9H5ClO2S/c10-6-4-8(13-9(6)5-11)7-2-1-3-12-7/h1-5H. The summed E-state index contributed by atoms with van der Waals surface area (Å²) >= 11 is 7.12. The van der Waals surface area contributed by atoms with Gasteiger partial charge in [0.05, 0.1) is 21.0 Å². The SMILES string of the molecule is O=Cc1sc(-c2ccco2)cc1Cl. The van der Waals surface area contributed by atoms with E-state index < -0.39 is 0 Å². The molecule has 13 heavy (non-hydrogen) atoms. The van der Waals surface area contributed by atoms with Crippen molar-refractivity contribution >= 4 is 29.2 Å². The summed E-state index contributed by atoms with van der Waals surface area (Å²) in [6.07, 6.45) is 2.34. The Hall–Kier alpha value is -1.06. The molecule has 2 rings (SSSR count). The zero-order valence-corrected chi connectivity index (χ0v) is 8.06. The van der Waals surface area contributed by atoms with Gasteiger partial charge in [-0.25, -0.2) is 0 Å². The van der Waals surface area contributed by atoms with E-state index in [1.54, 1.807) is 18.4 Å². The minimum atomic E-state index is 0.478. The molecule has 2 nitrogen and oxygen atoms in total. The van der Waals surface area contributed by atoms with E-state index in [9.17, 15) is 4.79 Å². The van der Waals surface area contributed by atoms with Gasteiger partial charge in [0.25, 0.3) is 0 Å². The van der Waals surface area contributed by atoms with Gasteiger partial charge in [-0.3, -0.25) is 4.79 Å². The van der Waals surface area contributed by atoms with Crippen molar-refractivity contribution in [2.75, 3.05) is 0 Å². The predicted molar refractivity (Wildman–Crippen MR) is 52.4 cm³/mol. The molecule has 0 N–H and O–H groups in total. The van der Waals surface area contributed by atoms with Crippen LogP contribution in [0.5, 0.6) is 0 Å². The van der Waals surface area contributed by atoms with Crippen LogP contribution in [0, 0.1) is 0 Å². The first-order chi connectivity index (χ1) is 6.31. The van der Waals surface area contributed by atoms with E-state index in [0.29, 0.717) is 9.90 Å². The molecule has 66 valence electrons. The molecule has 0 saturated heterocycles. The van der Waals surface area contributed by atoms with Gasteiger partial charge in [-0.05, 0) is 18.2 Å². The third-order valence-corrected chi connectivity index (χ3v) is 3.08. The Labute approximate surface area is 83.8 Å². The summed E-state index contributed by atoms with van der Waals surface area (Å²) in [6, 6.07) is 5.36. The first kappa shape index (κ1) is 8.53. The molecule has 0 aliphatic heterocycles. The highest BCUT2D eigenvalue weighted by Crippen LogP contribution is 2.33. The second-order valence-electron chi connectivity index (χ2n) is 2.42. The largest absolute Gasteiger partial charge is 0.464 e. The molecule has 0 spiro atoms. The summed E-state index contributed by atoms with van der Waals surface area (Å²) in [6.45, 7) is 0. The van der Waals surface area contributed by atoms with Crippen LogP contribution >= 0.6 is 22.9 Å². The highest BCUT2D eigenvalue weighted by atomic mass is 35.5. The Morgan fingerprint density at radius 2 is 2.38 bits per heavy atom. The van der Waals surface area contributed by atoms with Crippen molar-refractivity contribution in [3.05, 3.63) is 34.4 Å². The fourth-order valence-electron chi connectivity index (χ4n) is 1.00. The number of hydrogen-bond acceptors (Lipinski definition) is 3. The van der Waals surface area contributed by atoms with Gasteiger partial charge < -0.3 is 4.42 Å². The molecule has 0 saturated carbocycles. The lowest BCUT2D eigenvalue weighted by molar-refractivity contribution is 0.112. The molecule has 0 aliphatic carbocycles. The molecule has 0 radical (unpaired) electrons. The lowest BCUT2D eigenvalue weighted by atomic mass is 10.3. The smallest absolute Gasteiger partial charge is 0.161 e. The van der Waals surface area contributed by atoms with Gasteiger partial charge in [-0.2, -0.15) is 0 Å². The number of carbonyl (C=O) groups excluding carboxylic acids is 1. The van der Waals surface area contributed by atoms with Crippen LogP contribution in [-0.2, 0) is 0 Å². The second-order valence-corrected chi connectivity index (χ2v) is 3.91. The summed E-state index contributed by atoms with van der Waals surface area (Å²) in [5, 5.41) is 0.478. The van der Waals surface area contributed by atoms with Crippen molar-refractivity contribution in [2.24, 2.45) is 0 Å². The average Bonchev–Trinajstić information content (AvgIpc) is 2.71. The Bertz CT molecular complexity index is 417. The van der Waals surface area contributed by atoms with Gasteiger partial charge in [0, 0.05) is 0 Å². The summed E-state index contributed by atoms with van der Waals surface area (Å²) < 4.78 is 5.17. The Morgan fingerprint density at radius 3 is 2.92 bits per heavy atom. The molecule has 2 aromatic heterocycles. The quantitative estimate of drug-likeness (QED) is 0.714. The monoisotopic (exact) mass is 212 g/mol. The highest BCUT2D eigenvalue weighted by Gasteiger charge is 2.09. The molecule has 0 aromatic carbocycles. The minimum Gasteiger partial charge on any atom is -0.464 e. The van der Waals surface area contributed by atoms with Crippen LogP contribution in [0.15, 0.2) is 28.9 Å². The van der Waals surface area contributed by atoms with Crippen LogP contribution < -0.4 is 0 Å². The minimum absolute atomic E-state index is 0.478. The summed E-state index contributed by atoms with van der Waals surface area (Å²) in [5.41, 5.74) is 0. The lowest BCUT2D eigenvalue weighted by Gasteiger charge is -1.85. The van der Waals surface area contributed by atoms with E-state index in [1.165, 1.54) is 11.3 Å². The van der Waals surface area contributed by atoms with Crippen LogP contribution in [0.1, 0.15) is 9.67 Å². The third-order valence-electron chi connectivity index (χ3n) is 1.58. The highest BCUT2D eigenvalue weighted by molar-refractivity contribution is 7.17. The van der Waals surface area contributed by atoms with Gasteiger partial charge >= 0.3 is 0 Å². The molecule has 0 unspecified atom stereocenters. The molecule has 0 atom stereocenters. The lowest BCUT2D eigenvalue weighted by Crippen LogP contribution is -1.66. The number of aldehydes is 1. The number of halogens is 1. The predicted octanol–water partition coefficient (Wildman–Crippen LogP) is 3.47. The molecular weight excluding hydrogens is 208 g/mol. The molecule has 2 aromatic rings. The maximum absolute atomic E-state index is 10.5. The van der Waals surface area contributed by atoms with E-state index in [0.717, 1.165) is 16.9 Å². The molecule has 0 bridgehead atoms. The first-order valence-electron chi connectivity index (χ1n) is 3.59. The molecule has 0 amide bonds. The van der Waals surface area contributed by atoms with E-state index >= 15 is 0 Å². The van der Waals surface area contributed by atoms with E-state index in [1.807, 2.05) is 6.07 Å². The maximum atomic E-state index is 10.5. The summed E-state index contributed by atoms with van der Waals surface area (Å²) in [7, 11) is 0. The number of rotatable bonds is 2. The molecular formula is C9H5ClO2S. The van der Waals surface area contributed by atoms with Gasteiger partial charge in [0.15, 0.2) is 6.29 Å². The van der Waals surface area contributed by atoms with Crippen LogP contribution in [0.2, 0.25) is 5.02 Å². The average molecular weight is 213 g/mol. The van der Waals surface area contributed by atoms with Crippen molar-refractivity contribution < 1.29 is 9.21 Å². The van der Waals surface area contributed by atoms with E-state index in [-0.39, 0.29) is 0 Å². The second kappa shape index (κ2) is 3.36. The molecule has 0 fully saturated rings. The molecule has 4 heteroatoms. The van der Waals surface area contributed by atoms with Gasteiger partial charge in [-0.1, -0.05) is 11.6 Å². The normalized spacial score (nSPS) is 10.2. The van der Waals surface area contributed by atoms with Gasteiger partial charge in [0.2, 0.25) is 0 Å². The number of carbonyl (C=O) groups is 1. The van der Waals surface area contributed by atoms with Crippen molar-refractivity contribution in [1.82, 2.24) is 0 Å². The van der Waals surface area contributed by atoms with Crippen molar-refractivity contribution in [3.63, 3.8) is 0 Å². The fourth-order valence-corrected chi connectivity index (χ4v) is 2.17. The Kier molecular flexibility index (Phi) is 2.20. The van der Waals surface area contributed by atoms with Gasteiger partial charge in [-0.15, -0.1) is 11.3 Å². The van der Waals surface area contributed by atoms with E-state index in [2.05, 4.69) is 0 Å². The Morgan fingerprint density at radius 1 is 1.54 bits per heavy atom. The third kappa shape index (κ3) is 1.53. The van der Waals surface area contributed by atoms with E-state index in [4.69, 9.17) is 16.0 Å². The number of thiophene rings is 1. The summed E-state index contributed by atoms with van der Waals surface area (Å²) in [4.78, 5) is 11.9. The maximum Gasteiger partial charge on any atom is 0.161 e. The van der Waals surface area contributed by atoms with Crippen molar-refractivity contribution in [2.45, 2.75) is 0 Å². The van der Waals surface area contributed by atoms with Gasteiger partial charge in [0.1, 0.15) is 5.76 Å². The molecule has 0 aliphatic rings.